The standard InChI is InChI=1S/C29H25FN2O4/c30-21-11-5-4-10-20(21)29-28-23(16-19(17-25(28)33)18-8-2-1-3-9-18)31-22-12-6-7-13-24(22)32(29)26(34)14-15-27(35)36/h1-13,19,29,31H,14-17H2,(H,35,36)/t19-,29-/m0/s1. The van der Waals surface area contributed by atoms with Crippen molar-refractivity contribution in [2.75, 3.05) is 10.2 Å². The van der Waals surface area contributed by atoms with Crippen LogP contribution in [0.1, 0.15) is 48.8 Å². The van der Waals surface area contributed by atoms with Crippen molar-refractivity contribution < 1.29 is 23.9 Å². The molecule has 5 rings (SSSR count). The highest BCUT2D eigenvalue weighted by Gasteiger charge is 2.42. The molecular formula is C29H25FN2O4. The molecule has 0 saturated heterocycles. The molecule has 0 spiro atoms. The lowest BCUT2D eigenvalue weighted by molar-refractivity contribution is -0.138. The van der Waals surface area contributed by atoms with E-state index in [1.807, 2.05) is 36.4 Å². The van der Waals surface area contributed by atoms with E-state index in [1.165, 1.54) is 11.0 Å². The predicted octanol–water partition coefficient (Wildman–Crippen LogP) is 5.59. The van der Waals surface area contributed by atoms with Gasteiger partial charge in [0, 0.05) is 29.7 Å². The Kier molecular flexibility index (Phi) is 6.38. The summed E-state index contributed by atoms with van der Waals surface area (Å²) in [5.74, 6) is -2.37. The molecule has 0 radical (unpaired) electrons. The molecule has 3 aromatic rings. The van der Waals surface area contributed by atoms with E-state index in [0.29, 0.717) is 29.1 Å². The molecule has 0 fully saturated rings. The van der Waals surface area contributed by atoms with E-state index in [4.69, 9.17) is 0 Å². The van der Waals surface area contributed by atoms with Crippen LogP contribution < -0.4 is 10.2 Å². The van der Waals surface area contributed by atoms with Gasteiger partial charge in [-0.05, 0) is 36.1 Å². The number of benzene rings is 3. The fraction of sp³-hybridized carbons (Fsp3) is 0.207. The molecule has 36 heavy (non-hydrogen) atoms. The number of allylic oxidation sites excluding steroid dienone is 1. The number of carboxylic acid groups (broad SMARTS) is 1. The van der Waals surface area contributed by atoms with Crippen molar-refractivity contribution in [2.45, 2.75) is 37.6 Å². The van der Waals surface area contributed by atoms with Crippen LogP contribution in [0.25, 0.3) is 0 Å². The maximum atomic E-state index is 15.3. The number of Topliss-reactive ketones (excluding diaryl/α,β-unsaturated/α-hetero) is 1. The Labute approximate surface area is 208 Å². The van der Waals surface area contributed by atoms with E-state index in [-0.39, 0.29) is 36.5 Å². The van der Waals surface area contributed by atoms with Gasteiger partial charge in [0.2, 0.25) is 5.91 Å². The van der Waals surface area contributed by atoms with Crippen LogP contribution in [-0.4, -0.2) is 22.8 Å². The molecule has 1 amide bonds. The Morgan fingerprint density at radius 2 is 1.61 bits per heavy atom. The van der Waals surface area contributed by atoms with Gasteiger partial charge >= 0.3 is 5.97 Å². The van der Waals surface area contributed by atoms with Gasteiger partial charge in [0.05, 0.1) is 23.8 Å². The number of carbonyl (C=O) groups excluding carboxylic acids is 2. The first-order chi connectivity index (χ1) is 17.4. The minimum Gasteiger partial charge on any atom is -0.481 e. The largest absolute Gasteiger partial charge is 0.481 e. The normalized spacial score (nSPS) is 19.1. The number of para-hydroxylation sites is 2. The number of fused-ring (bicyclic) bond motifs is 1. The van der Waals surface area contributed by atoms with Gasteiger partial charge in [0.25, 0.3) is 0 Å². The molecule has 6 nitrogen and oxygen atoms in total. The minimum absolute atomic E-state index is 0.0624. The van der Waals surface area contributed by atoms with Crippen LogP contribution in [0.2, 0.25) is 0 Å². The van der Waals surface area contributed by atoms with E-state index >= 15 is 4.39 Å². The zero-order valence-electron chi connectivity index (χ0n) is 19.5. The summed E-state index contributed by atoms with van der Waals surface area (Å²) < 4.78 is 15.3. The Balaban J connectivity index is 1.70. The molecule has 1 heterocycles. The van der Waals surface area contributed by atoms with Crippen molar-refractivity contribution in [1.82, 2.24) is 0 Å². The summed E-state index contributed by atoms with van der Waals surface area (Å²) in [6.45, 7) is 0. The predicted molar refractivity (Wildman–Crippen MR) is 134 cm³/mol. The summed E-state index contributed by atoms with van der Waals surface area (Å²) in [5.41, 5.74) is 3.29. The number of nitrogens with zero attached hydrogens (tertiary/aromatic N) is 1. The Morgan fingerprint density at radius 3 is 2.36 bits per heavy atom. The third-order valence-corrected chi connectivity index (χ3v) is 6.78. The third-order valence-electron chi connectivity index (χ3n) is 6.78. The van der Waals surface area contributed by atoms with E-state index < -0.39 is 23.7 Å². The molecule has 0 bridgehead atoms. The van der Waals surface area contributed by atoms with Crippen LogP contribution in [0, 0.1) is 5.82 Å². The molecule has 2 atom stereocenters. The number of halogens is 1. The second-order valence-electron chi connectivity index (χ2n) is 9.05. The lowest BCUT2D eigenvalue weighted by atomic mass is 9.78. The Hall–Kier alpha value is -4.26. The fourth-order valence-electron chi connectivity index (χ4n) is 5.15. The number of ketones is 1. The average Bonchev–Trinajstić information content (AvgIpc) is 3.02. The molecule has 1 aliphatic carbocycles. The monoisotopic (exact) mass is 484 g/mol. The van der Waals surface area contributed by atoms with E-state index in [0.717, 1.165) is 5.56 Å². The van der Waals surface area contributed by atoms with Crippen molar-refractivity contribution in [2.24, 2.45) is 0 Å². The van der Waals surface area contributed by atoms with Crippen LogP contribution in [-0.2, 0) is 14.4 Å². The Bertz CT molecular complexity index is 1370. The van der Waals surface area contributed by atoms with Gasteiger partial charge in [-0.25, -0.2) is 4.39 Å². The summed E-state index contributed by atoms with van der Waals surface area (Å²) in [7, 11) is 0. The number of rotatable bonds is 5. The van der Waals surface area contributed by atoms with Gasteiger partial charge in [0.1, 0.15) is 5.82 Å². The van der Waals surface area contributed by atoms with Crippen molar-refractivity contribution >= 4 is 29.0 Å². The van der Waals surface area contributed by atoms with Gasteiger partial charge in [-0.15, -0.1) is 0 Å². The quantitative estimate of drug-likeness (QED) is 0.493. The molecule has 7 heteroatoms. The number of nitrogens with one attached hydrogen (secondary N) is 1. The number of carboxylic acids is 1. The molecule has 2 N–H and O–H groups in total. The van der Waals surface area contributed by atoms with Crippen LogP contribution in [0.3, 0.4) is 0 Å². The van der Waals surface area contributed by atoms with Crippen molar-refractivity contribution in [3.8, 4) is 0 Å². The zero-order valence-corrected chi connectivity index (χ0v) is 19.5. The number of hydrogen-bond donors (Lipinski definition) is 2. The zero-order chi connectivity index (χ0) is 25.2. The van der Waals surface area contributed by atoms with Gasteiger partial charge in [0.15, 0.2) is 5.78 Å². The molecule has 182 valence electrons. The lowest BCUT2D eigenvalue weighted by Gasteiger charge is -2.35. The van der Waals surface area contributed by atoms with E-state index in [9.17, 15) is 19.5 Å². The lowest BCUT2D eigenvalue weighted by Crippen LogP contribution is -2.39. The molecular weight excluding hydrogens is 459 g/mol. The highest BCUT2D eigenvalue weighted by molar-refractivity contribution is 6.06. The minimum atomic E-state index is -1.11. The highest BCUT2D eigenvalue weighted by atomic mass is 19.1. The topological polar surface area (TPSA) is 86.7 Å². The van der Waals surface area contributed by atoms with Crippen molar-refractivity contribution in [3.05, 3.63) is 107 Å². The SMILES string of the molecule is O=C(O)CCC(=O)N1c2ccccc2NC2=C(C(=O)C[C@@H](c3ccccc3)C2)[C@@H]1c1ccccc1F. The summed E-state index contributed by atoms with van der Waals surface area (Å²) in [6.07, 6.45) is 0.0907. The fourth-order valence-corrected chi connectivity index (χ4v) is 5.15. The summed E-state index contributed by atoms with van der Waals surface area (Å²) in [6, 6.07) is 22.0. The number of amides is 1. The summed E-state index contributed by atoms with van der Waals surface area (Å²) >= 11 is 0. The maximum Gasteiger partial charge on any atom is 0.303 e. The number of anilines is 2. The second kappa shape index (κ2) is 9.77. The first-order valence-electron chi connectivity index (χ1n) is 11.9. The van der Waals surface area contributed by atoms with E-state index in [2.05, 4.69) is 5.32 Å². The van der Waals surface area contributed by atoms with Gasteiger partial charge in [-0.3, -0.25) is 19.3 Å². The van der Waals surface area contributed by atoms with Crippen LogP contribution in [0.5, 0.6) is 0 Å². The highest BCUT2D eigenvalue weighted by Crippen LogP contribution is 2.48. The number of aliphatic carboxylic acids is 1. The molecule has 1 aliphatic heterocycles. The van der Waals surface area contributed by atoms with Crippen molar-refractivity contribution in [1.29, 1.82) is 0 Å². The van der Waals surface area contributed by atoms with Crippen LogP contribution in [0.4, 0.5) is 15.8 Å². The summed E-state index contributed by atoms with van der Waals surface area (Å²) in [4.78, 5) is 40.0. The van der Waals surface area contributed by atoms with Crippen LogP contribution in [0.15, 0.2) is 90.1 Å². The second-order valence-corrected chi connectivity index (χ2v) is 9.05. The molecule has 2 aliphatic rings. The first-order valence-corrected chi connectivity index (χ1v) is 11.9. The van der Waals surface area contributed by atoms with Crippen LogP contribution >= 0.6 is 0 Å². The van der Waals surface area contributed by atoms with Gasteiger partial charge < -0.3 is 10.4 Å². The molecule has 0 saturated carbocycles. The van der Waals surface area contributed by atoms with Crippen molar-refractivity contribution in [3.63, 3.8) is 0 Å². The summed E-state index contributed by atoms with van der Waals surface area (Å²) in [5, 5.41) is 12.6. The average molecular weight is 485 g/mol. The molecule has 0 aromatic heterocycles. The number of carbonyl (C=O) groups is 3. The number of hydrogen-bond acceptors (Lipinski definition) is 4. The third kappa shape index (κ3) is 4.40. The molecule has 3 aromatic carbocycles. The Morgan fingerprint density at radius 1 is 0.917 bits per heavy atom. The van der Waals surface area contributed by atoms with E-state index in [1.54, 1.807) is 36.4 Å². The smallest absolute Gasteiger partial charge is 0.303 e. The van der Waals surface area contributed by atoms with Gasteiger partial charge in [-0.2, -0.15) is 0 Å². The maximum absolute atomic E-state index is 15.3. The first kappa shape index (κ1) is 23.5. The van der Waals surface area contributed by atoms with Gasteiger partial charge in [-0.1, -0.05) is 60.7 Å². The molecule has 0 unspecified atom stereocenters.